The number of alkyl halides is 3. The van der Waals surface area contributed by atoms with Crippen molar-refractivity contribution in [3.8, 4) is 11.1 Å². The van der Waals surface area contributed by atoms with Crippen LogP contribution in [0.3, 0.4) is 0 Å². The summed E-state index contributed by atoms with van der Waals surface area (Å²) in [7, 11) is 1.53. The highest BCUT2D eigenvalue weighted by molar-refractivity contribution is 5.77. The van der Waals surface area contributed by atoms with Crippen LogP contribution in [-0.2, 0) is 19.6 Å². The van der Waals surface area contributed by atoms with Crippen LogP contribution >= 0.6 is 0 Å². The second-order valence-electron chi connectivity index (χ2n) is 8.74. The number of nitrogens with one attached hydrogen (secondary N) is 1. The molecule has 7 heteroatoms. The van der Waals surface area contributed by atoms with E-state index in [1.54, 1.807) is 12.1 Å². The predicted molar refractivity (Wildman–Crippen MR) is 129 cm³/mol. The molecule has 0 bridgehead atoms. The molecule has 0 unspecified atom stereocenters. The van der Waals surface area contributed by atoms with Crippen LogP contribution in [0, 0.1) is 5.82 Å². The molecule has 3 aromatic rings. The van der Waals surface area contributed by atoms with E-state index in [9.17, 15) is 17.6 Å². The summed E-state index contributed by atoms with van der Waals surface area (Å²) in [4.78, 5) is 0. The largest absolute Gasteiger partial charge is 0.435 e. The van der Waals surface area contributed by atoms with Gasteiger partial charge in [-0.15, -0.1) is 0 Å². The molecule has 0 atom stereocenters. The number of hydrogen-bond acceptors (Lipinski definition) is 2. The molecule has 0 spiro atoms. The van der Waals surface area contributed by atoms with Crippen LogP contribution in [0.25, 0.3) is 11.1 Å². The van der Waals surface area contributed by atoms with Crippen LogP contribution in [0.2, 0.25) is 0 Å². The van der Waals surface area contributed by atoms with Gasteiger partial charge in [0.2, 0.25) is 0 Å². The minimum atomic E-state index is -4.38. The summed E-state index contributed by atoms with van der Waals surface area (Å²) in [6.07, 6.45) is 5.82. The van der Waals surface area contributed by atoms with Crippen LogP contribution in [0.5, 0.6) is 0 Å². The Kier molecular flexibility index (Phi) is 9.54. The molecule has 0 saturated heterocycles. The molecule has 0 saturated carbocycles. The minimum Gasteiger partial charge on any atom is -0.385 e. The van der Waals surface area contributed by atoms with E-state index in [4.69, 9.17) is 0 Å². The minimum absolute atomic E-state index is 0.240. The fourth-order valence-electron chi connectivity index (χ4n) is 4.23. The molecular weight excluding hydrogens is 442 g/mol. The summed E-state index contributed by atoms with van der Waals surface area (Å²) in [5.74, 6) is -0.240. The fourth-order valence-corrected chi connectivity index (χ4v) is 4.23. The van der Waals surface area contributed by atoms with Crippen molar-refractivity contribution in [3.05, 3.63) is 71.8 Å². The van der Waals surface area contributed by atoms with Crippen molar-refractivity contribution in [1.82, 2.24) is 9.78 Å². The fraction of sp³-hybridized carbons (Fsp3) is 0.444. The van der Waals surface area contributed by atoms with Crippen LogP contribution in [0.15, 0.2) is 54.7 Å². The molecule has 3 rings (SSSR count). The number of rotatable bonds is 13. The van der Waals surface area contributed by atoms with E-state index >= 15 is 0 Å². The van der Waals surface area contributed by atoms with E-state index in [1.807, 2.05) is 30.3 Å². The number of aryl methyl sites for hydroxylation is 2. The zero-order valence-electron chi connectivity index (χ0n) is 19.7. The van der Waals surface area contributed by atoms with Gasteiger partial charge in [0.1, 0.15) is 5.82 Å². The SMILES string of the molecule is Cn1cc(CCCCCCCCCCNc2ccccc2-c2cccc(F)c2)c(C(F)(F)F)n1. The Balaban J connectivity index is 1.26. The van der Waals surface area contributed by atoms with E-state index in [-0.39, 0.29) is 5.82 Å². The topological polar surface area (TPSA) is 29.9 Å². The average Bonchev–Trinajstić information content (AvgIpc) is 3.19. The first-order valence-corrected chi connectivity index (χ1v) is 12.0. The quantitative estimate of drug-likeness (QED) is 0.200. The van der Waals surface area contributed by atoms with Crippen molar-refractivity contribution < 1.29 is 17.6 Å². The number of anilines is 1. The highest BCUT2D eigenvalue weighted by Crippen LogP contribution is 2.31. The molecule has 1 N–H and O–H groups in total. The Morgan fingerprint density at radius 1 is 0.853 bits per heavy atom. The van der Waals surface area contributed by atoms with E-state index in [0.717, 1.165) is 74.7 Å². The molecule has 0 aliphatic heterocycles. The summed E-state index contributed by atoms with van der Waals surface area (Å²) in [6.45, 7) is 0.860. The van der Waals surface area contributed by atoms with Gasteiger partial charge >= 0.3 is 6.18 Å². The molecule has 184 valence electrons. The molecule has 2 aromatic carbocycles. The van der Waals surface area contributed by atoms with Gasteiger partial charge in [0.05, 0.1) is 0 Å². The summed E-state index contributed by atoms with van der Waals surface area (Å²) in [5, 5.41) is 7.03. The first kappa shape index (κ1) is 25.8. The second-order valence-corrected chi connectivity index (χ2v) is 8.74. The molecule has 0 radical (unpaired) electrons. The van der Waals surface area contributed by atoms with Crippen LogP contribution in [-0.4, -0.2) is 16.3 Å². The van der Waals surface area contributed by atoms with Crippen LogP contribution in [0.1, 0.15) is 62.6 Å². The maximum Gasteiger partial charge on any atom is 0.435 e. The van der Waals surface area contributed by atoms with Crippen molar-refractivity contribution in [1.29, 1.82) is 0 Å². The van der Waals surface area contributed by atoms with E-state index in [2.05, 4.69) is 10.4 Å². The number of nitrogens with zero attached hydrogens (tertiary/aromatic N) is 2. The number of benzene rings is 2. The molecule has 0 aliphatic rings. The number of unbranched alkanes of at least 4 members (excludes halogenated alkanes) is 7. The zero-order chi connectivity index (χ0) is 24.4. The average molecular weight is 476 g/mol. The summed E-state index contributed by atoms with van der Waals surface area (Å²) < 4.78 is 53.8. The Morgan fingerprint density at radius 2 is 1.53 bits per heavy atom. The van der Waals surface area contributed by atoms with Gasteiger partial charge in [-0.2, -0.15) is 18.3 Å². The summed E-state index contributed by atoms with van der Waals surface area (Å²) in [6, 6.07) is 14.6. The maximum absolute atomic E-state index is 13.6. The standard InChI is InChI=1S/C27H33F4N3/c1-34-20-22(26(33-34)27(29,30)31)13-8-6-4-2-3-5-7-11-18-32-25-17-10-9-16-24(25)21-14-12-15-23(28)19-21/h9-10,12,14-17,19-20,32H,2-8,11,13,18H2,1H3. The molecule has 0 fully saturated rings. The molecule has 0 amide bonds. The zero-order valence-corrected chi connectivity index (χ0v) is 19.7. The lowest BCUT2D eigenvalue weighted by Crippen LogP contribution is -2.09. The number of hydrogen-bond donors (Lipinski definition) is 1. The van der Waals surface area contributed by atoms with Gasteiger partial charge in [-0.25, -0.2) is 4.39 Å². The van der Waals surface area contributed by atoms with Gasteiger partial charge in [-0.05, 0) is 43.0 Å². The third-order valence-corrected chi connectivity index (χ3v) is 5.92. The van der Waals surface area contributed by atoms with Crippen molar-refractivity contribution in [2.75, 3.05) is 11.9 Å². The molecule has 1 heterocycles. The Morgan fingerprint density at radius 3 is 2.24 bits per heavy atom. The Hall–Kier alpha value is -2.83. The number of aromatic nitrogens is 2. The van der Waals surface area contributed by atoms with Gasteiger partial charge in [0, 0.05) is 36.6 Å². The van der Waals surface area contributed by atoms with Crippen molar-refractivity contribution in [2.45, 2.75) is 64.0 Å². The third kappa shape index (κ3) is 7.89. The van der Waals surface area contributed by atoms with Gasteiger partial charge in [-0.1, -0.05) is 68.9 Å². The molecule has 3 nitrogen and oxygen atoms in total. The monoisotopic (exact) mass is 475 g/mol. The van der Waals surface area contributed by atoms with Crippen LogP contribution < -0.4 is 5.32 Å². The normalized spacial score (nSPS) is 11.7. The second kappa shape index (κ2) is 12.6. The maximum atomic E-state index is 13.6. The highest BCUT2D eigenvalue weighted by atomic mass is 19.4. The number of halogens is 4. The van der Waals surface area contributed by atoms with Crippen LogP contribution in [0.4, 0.5) is 23.2 Å². The molecule has 34 heavy (non-hydrogen) atoms. The first-order chi connectivity index (χ1) is 16.3. The highest BCUT2D eigenvalue weighted by Gasteiger charge is 2.36. The summed E-state index contributed by atoms with van der Waals surface area (Å²) >= 11 is 0. The lowest BCUT2D eigenvalue weighted by atomic mass is 10.0. The molecular formula is C27H33F4N3. The molecule has 0 aliphatic carbocycles. The summed E-state index contributed by atoms with van der Waals surface area (Å²) in [5.41, 5.74) is 2.41. The first-order valence-electron chi connectivity index (χ1n) is 12.0. The lowest BCUT2D eigenvalue weighted by molar-refractivity contribution is -0.142. The lowest BCUT2D eigenvalue weighted by Gasteiger charge is -2.12. The van der Waals surface area contributed by atoms with E-state index in [0.29, 0.717) is 12.0 Å². The number of para-hydroxylation sites is 1. The Labute approximate surface area is 199 Å². The Bertz CT molecular complexity index is 1030. The van der Waals surface area contributed by atoms with Gasteiger partial charge in [0.15, 0.2) is 5.69 Å². The predicted octanol–water partition coefficient (Wildman–Crippen LogP) is 8.02. The third-order valence-electron chi connectivity index (χ3n) is 5.92. The van der Waals surface area contributed by atoms with E-state index < -0.39 is 11.9 Å². The smallest absolute Gasteiger partial charge is 0.385 e. The van der Waals surface area contributed by atoms with Gasteiger partial charge in [-0.3, -0.25) is 4.68 Å². The van der Waals surface area contributed by atoms with Gasteiger partial charge < -0.3 is 5.32 Å². The van der Waals surface area contributed by atoms with Crippen molar-refractivity contribution >= 4 is 5.69 Å². The van der Waals surface area contributed by atoms with Crippen molar-refractivity contribution in [2.24, 2.45) is 7.05 Å². The van der Waals surface area contributed by atoms with E-state index in [1.165, 1.54) is 24.0 Å². The molecule has 1 aromatic heterocycles. The van der Waals surface area contributed by atoms with Crippen molar-refractivity contribution in [3.63, 3.8) is 0 Å². The van der Waals surface area contributed by atoms with Gasteiger partial charge in [0.25, 0.3) is 0 Å².